The molecule has 4 heteroatoms. The summed E-state index contributed by atoms with van der Waals surface area (Å²) in [4.78, 5) is 4.17. The Morgan fingerprint density at radius 3 is 2.62 bits per heavy atom. The summed E-state index contributed by atoms with van der Waals surface area (Å²) < 4.78 is 5.01. The van der Waals surface area contributed by atoms with E-state index in [1.165, 1.54) is 0 Å². The molecule has 1 aliphatic rings. The molecule has 0 atom stereocenters. The molecule has 0 spiro atoms. The van der Waals surface area contributed by atoms with Crippen LogP contribution in [0.4, 0.5) is 0 Å². The summed E-state index contributed by atoms with van der Waals surface area (Å²) in [5.41, 5.74) is 7.04. The maximum Gasteiger partial charge on any atom is 0.212 e. The summed E-state index contributed by atoms with van der Waals surface area (Å²) >= 11 is 0. The lowest BCUT2D eigenvalue weighted by molar-refractivity contribution is 0.0968. The number of rotatable bonds is 2. The average molecular weight is 222 g/mol. The van der Waals surface area contributed by atoms with Gasteiger partial charge >= 0.3 is 0 Å². The molecule has 3 N–H and O–H groups in total. The summed E-state index contributed by atoms with van der Waals surface area (Å²) in [6.07, 6.45) is 4.73. The topological polar surface area (TPSA) is 68.4 Å². The number of hydrogen-bond acceptors (Lipinski definition) is 4. The number of methoxy groups -OCH3 is 1. The van der Waals surface area contributed by atoms with E-state index in [1.807, 2.05) is 12.1 Å². The van der Waals surface area contributed by atoms with Crippen LogP contribution in [0.1, 0.15) is 31.2 Å². The molecule has 0 radical (unpaired) electrons. The number of ether oxygens (including phenoxy) is 1. The predicted octanol–water partition coefficient (Wildman–Crippen LogP) is 1.18. The van der Waals surface area contributed by atoms with Crippen LogP contribution in [0.25, 0.3) is 0 Å². The van der Waals surface area contributed by atoms with Crippen LogP contribution in [0.15, 0.2) is 18.3 Å². The van der Waals surface area contributed by atoms with Crippen LogP contribution >= 0.6 is 0 Å². The molecule has 1 aliphatic carbocycles. The van der Waals surface area contributed by atoms with Crippen molar-refractivity contribution in [2.75, 3.05) is 7.11 Å². The van der Waals surface area contributed by atoms with Crippen LogP contribution in [-0.2, 0) is 5.54 Å². The van der Waals surface area contributed by atoms with Crippen LogP contribution < -0.4 is 10.5 Å². The van der Waals surface area contributed by atoms with Crippen molar-refractivity contribution < 1.29 is 9.84 Å². The van der Waals surface area contributed by atoms with Crippen molar-refractivity contribution in [2.24, 2.45) is 5.73 Å². The fraction of sp³-hybridized carbons (Fsp3) is 0.583. The molecule has 0 bridgehead atoms. The molecular weight excluding hydrogens is 204 g/mol. The molecule has 1 aromatic heterocycles. The largest absolute Gasteiger partial charge is 0.481 e. The molecule has 0 saturated heterocycles. The number of aromatic nitrogens is 1. The molecule has 0 aromatic carbocycles. The van der Waals surface area contributed by atoms with Gasteiger partial charge in [-0.25, -0.2) is 4.98 Å². The highest BCUT2D eigenvalue weighted by Gasteiger charge is 2.32. The molecule has 1 fully saturated rings. The Hall–Kier alpha value is -1.13. The number of nitrogens with two attached hydrogens (primary N) is 1. The molecule has 1 heterocycles. The van der Waals surface area contributed by atoms with Gasteiger partial charge < -0.3 is 15.6 Å². The van der Waals surface area contributed by atoms with Crippen molar-refractivity contribution in [3.8, 4) is 5.88 Å². The van der Waals surface area contributed by atoms with E-state index in [2.05, 4.69) is 4.98 Å². The van der Waals surface area contributed by atoms with Crippen molar-refractivity contribution in [2.45, 2.75) is 37.3 Å². The third kappa shape index (κ3) is 2.18. The molecule has 2 rings (SSSR count). The standard InChI is InChI=1S/C12H18N2O2/c1-16-11-3-2-9(8-14-11)12(13)6-4-10(15)5-7-12/h2-3,8,10,15H,4-7,13H2,1H3. The van der Waals surface area contributed by atoms with Gasteiger partial charge in [0.05, 0.1) is 13.2 Å². The molecule has 0 amide bonds. The van der Waals surface area contributed by atoms with E-state index in [9.17, 15) is 5.11 Å². The zero-order valence-electron chi connectivity index (χ0n) is 9.52. The molecule has 0 aliphatic heterocycles. The second-order valence-electron chi connectivity index (χ2n) is 4.48. The highest BCUT2D eigenvalue weighted by Crippen LogP contribution is 2.34. The molecule has 88 valence electrons. The number of pyridine rings is 1. The number of nitrogens with zero attached hydrogens (tertiary/aromatic N) is 1. The summed E-state index contributed by atoms with van der Waals surface area (Å²) in [7, 11) is 1.59. The normalized spacial score (nSPS) is 30.1. The zero-order chi connectivity index (χ0) is 11.6. The van der Waals surface area contributed by atoms with E-state index in [4.69, 9.17) is 10.5 Å². The minimum absolute atomic E-state index is 0.192. The van der Waals surface area contributed by atoms with Gasteiger partial charge in [0.15, 0.2) is 0 Å². The van der Waals surface area contributed by atoms with E-state index in [-0.39, 0.29) is 11.6 Å². The first-order chi connectivity index (χ1) is 7.64. The third-order valence-electron chi connectivity index (χ3n) is 3.37. The van der Waals surface area contributed by atoms with E-state index in [1.54, 1.807) is 13.3 Å². The summed E-state index contributed by atoms with van der Waals surface area (Å²) in [5.74, 6) is 0.600. The van der Waals surface area contributed by atoms with E-state index in [0.29, 0.717) is 5.88 Å². The van der Waals surface area contributed by atoms with Crippen LogP contribution in [0.2, 0.25) is 0 Å². The molecule has 1 saturated carbocycles. The van der Waals surface area contributed by atoms with Gasteiger partial charge in [-0.1, -0.05) is 6.07 Å². The maximum atomic E-state index is 9.48. The minimum Gasteiger partial charge on any atom is -0.481 e. The van der Waals surface area contributed by atoms with Crippen LogP contribution in [0, 0.1) is 0 Å². The van der Waals surface area contributed by atoms with Crippen molar-refractivity contribution in [3.05, 3.63) is 23.9 Å². The Balaban J connectivity index is 2.16. The lowest BCUT2D eigenvalue weighted by atomic mass is 9.77. The van der Waals surface area contributed by atoms with Gasteiger partial charge in [0, 0.05) is 17.8 Å². The SMILES string of the molecule is COc1ccc(C2(N)CCC(O)CC2)cn1. The molecule has 4 nitrogen and oxygen atoms in total. The lowest BCUT2D eigenvalue weighted by Gasteiger charge is -2.35. The van der Waals surface area contributed by atoms with Gasteiger partial charge in [-0.05, 0) is 31.2 Å². The Morgan fingerprint density at radius 2 is 2.12 bits per heavy atom. The van der Waals surface area contributed by atoms with E-state index < -0.39 is 0 Å². The van der Waals surface area contributed by atoms with Gasteiger partial charge in [0.2, 0.25) is 5.88 Å². The Labute approximate surface area is 95.4 Å². The van der Waals surface area contributed by atoms with Crippen LogP contribution in [-0.4, -0.2) is 23.3 Å². The van der Waals surface area contributed by atoms with Gasteiger partial charge in [0.25, 0.3) is 0 Å². The van der Waals surface area contributed by atoms with E-state index in [0.717, 1.165) is 31.2 Å². The van der Waals surface area contributed by atoms with Crippen molar-refractivity contribution in [1.29, 1.82) is 0 Å². The number of aliphatic hydroxyl groups is 1. The Morgan fingerprint density at radius 1 is 1.44 bits per heavy atom. The first-order valence-corrected chi connectivity index (χ1v) is 5.61. The second-order valence-corrected chi connectivity index (χ2v) is 4.48. The lowest BCUT2D eigenvalue weighted by Crippen LogP contribution is -2.41. The zero-order valence-corrected chi connectivity index (χ0v) is 9.52. The summed E-state index contributed by atoms with van der Waals surface area (Å²) in [5, 5.41) is 9.48. The molecular formula is C12H18N2O2. The Bertz CT molecular complexity index is 343. The summed E-state index contributed by atoms with van der Waals surface area (Å²) in [6, 6.07) is 3.79. The highest BCUT2D eigenvalue weighted by molar-refractivity contribution is 5.25. The smallest absolute Gasteiger partial charge is 0.212 e. The van der Waals surface area contributed by atoms with Crippen molar-refractivity contribution in [3.63, 3.8) is 0 Å². The Kier molecular flexibility index (Phi) is 3.12. The molecule has 16 heavy (non-hydrogen) atoms. The average Bonchev–Trinajstić information content (AvgIpc) is 2.33. The molecule has 0 unspecified atom stereocenters. The quantitative estimate of drug-likeness (QED) is 0.788. The number of aliphatic hydroxyl groups excluding tert-OH is 1. The first-order valence-electron chi connectivity index (χ1n) is 5.61. The minimum atomic E-state index is -0.335. The van der Waals surface area contributed by atoms with E-state index >= 15 is 0 Å². The van der Waals surface area contributed by atoms with Crippen LogP contribution in [0.5, 0.6) is 5.88 Å². The maximum absolute atomic E-state index is 9.48. The van der Waals surface area contributed by atoms with Gasteiger partial charge in [0.1, 0.15) is 0 Å². The predicted molar refractivity (Wildman–Crippen MR) is 61.1 cm³/mol. The highest BCUT2D eigenvalue weighted by atomic mass is 16.5. The van der Waals surface area contributed by atoms with Crippen molar-refractivity contribution >= 4 is 0 Å². The van der Waals surface area contributed by atoms with Gasteiger partial charge in [-0.2, -0.15) is 0 Å². The second kappa shape index (κ2) is 4.39. The first kappa shape index (κ1) is 11.4. The monoisotopic (exact) mass is 222 g/mol. The van der Waals surface area contributed by atoms with Gasteiger partial charge in [-0.15, -0.1) is 0 Å². The fourth-order valence-corrected chi connectivity index (χ4v) is 2.20. The summed E-state index contributed by atoms with van der Waals surface area (Å²) in [6.45, 7) is 0. The van der Waals surface area contributed by atoms with Crippen LogP contribution in [0.3, 0.4) is 0 Å². The fourth-order valence-electron chi connectivity index (χ4n) is 2.20. The third-order valence-corrected chi connectivity index (χ3v) is 3.37. The van der Waals surface area contributed by atoms with Gasteiger partial charge in [-0.3, -0.25) is 0 Å². The molecule has 1 aromatic rings. The number of hydrogen-bond donors (Lipinski definition) is 2. The van der Waals surface area contributed by atoms with Crippen molar-refractivity contribution in [1.82, 2.24) is 4.98 Å².